The number of hydrogen-bond donors (Lipinski definition) is 0. The molecule has 8 aromatic rings. The Labute approximate surface area is 277 Å². The molecule has 0 saturated heterocycles. The van der Waals surface area contributed by atoms with Crippen molar-refractivity contribution in [3.05, 3.63) is 186 Å². The van der Waals surface area contributed by atoms with Crippen LogP contribution in [0, 0.1) is 0 Å². The van der Waals surface area contributed by atoms with Gasteiger partial charge in [0, 0.05) is 30.7 Å². The van der Waals surface area contributed by atoms with Crippen LogP contribution in [0.2, 0.25) is 0 Å². The predicted octanol–water partition coefficient (Wildman–Crippen LogP) is 12.6. The summed E-state index contributed by atoms with van der Waals surface area (Å²) in [6.45, 7) is 0. The molecule has 8 heterocycles. The third-order valence-corrected chi connectivity index (χ3v) is 10.2. The van der Waals surface area contributed by atoms with Crippen LogP contribution in [-0.2, 0) is 0 Å². The van der Waals surface area contributed by atoms with E-state index in [0.29, 0.717) is 23.0 Å². The van der Waals surface area contributed by atoms with Crippen molar-refractivity contribution in [3.8, 4) is 0 Å². The lowest BCUT2D eigenvalue weighted by Gasteiger charge is -2.11. The van der Waals surface area contributed by atoms with Crippen molar-refractivity contribution in [3.63, 3.8) is 0 Å². The molecule has 0 aliphatic carbocycles. The molecule has 8 heteroatoms. The van der Waals surface area contributed by atoms with Crippen molar-refractivity contribution < 1.29 is 17.7 Å². The van der Waals surface area contributed by atoms with Gasteiger partial charge in [-0.15, -0.1) is 45.3 Å². The summed E-state index contributed by atoms with van der Waals surface area (Å²) in [5, 5.41) is 8.62. The number of thiophene rings is 4. The van der Waals surface area contributed by atoms with Crippen LogP contribution in [0.15, 0.2) is 161 Å². The minimum absolute atomic E-state index is 0. The summed E-state index contributed by atoms with van der Waals surface area (Å²) >= 11 is 7.24. The van der Waals surface area contributed by atoms with Crippen LogP contribution in [0.25, 0.3) is 22.3 Å². The fraction of sp³-hybridized carbons (Fsp3) is 0.0270. The SMILES string of the molecule is C.c1coc(C(=C(c2ccco2)c2ccco2)c2ccco2)c1.c1csc(C(=C(c2cccs2)c2cccs2)c2cccs2)c1. The molecule has 0 aliphatic heterocycles. The van der Waals surface area contributed by atoms with Crippen LogP contribution in [0.3, 0.4) is 0 Å². The summed E-state index contributed by atoms with van der Waals surface area (Å²) in [7, 11) is 0. The Bertz CT molecular complexity index is 1560. The normalized spacial score (nSPS) is 10.5. The molecule has 0 saturated carbocycles. The zero-order chi connectivity index (χ0) is 29.6. The van der Waals surface area contributed by atoms with Crippen molar-refractivity contribution in [1.82, 2.24) is 0 Å². The van der Waals surface area contributed by atoms with E-state index >= 15 is 0 Å². The third-order valence-electron chi connectivity index (χ3n) is 6.64. The van der Waals surface area contributed by atoms with Gasteiger partial charge in [-0.1, -0.05) is 31.7 Å². The van der Waals surface area contributed by atoms with E-state index in [4.69, 9.17) is 17.7 Å². The van der Waals surface area contributed by atoms with Gasteiger partial charge in [0.1, 0.15) is 23.0 Å². The van der Waals surface area contributed by atoms with Crippen LogP contribution < -0.4 is 0 Å². The van der Waals surface area contributed by atoms with E-state index in [2.05, 4.69) is 70.1 Å². The van der Waals surface area contributed by atoms with Gasteiger partial charge in [0.25, 0.3) is 0 Å². The fourth-order valence-electron chi connectivity index (χ4n) is 4.84. The molecule has 0 atom stereocenters. The van der Waals surface area contributed by atoms with Gasteiger partial charge in [-0.3, -0.25) is 0 Å². The Balaban J connectivity index is 0.000000155. The Hall–Kier alpha value is -4.60. The molecule has 0 radical (unpaired) electrons. The van der Waals surface area contributed by atoms with Gasteiger partial charge in [0.15, 0.2) is 0 Å². The van der Waals surface area contributed by atoms with E-state index in [1.807, 2.05) is 93.9 Å². The molecule has 0 unspecified atom stereocenters. The summed E-state index contributed by atoms with van der Waals surface area (Å²) in [5.74, 6) is 2.71. The quantitative estimate of drug-likeness (QED) is 0.162. The second-order valence-corrected chi connectivity index (χ2v) is 13.1. The monoisotopic (exact) mass is 664 g/mol. The first-order valence-electron chi connectivity index (χ1n) is 13.7. The predicted molar refractivity (Wildman–Crippen MR) is 189 cm³/mol. The Morgan fingerprint density at radius 2 is 0.600 bits per heavy atom. The first kappa shape index (κ1) is 30.4. The smallest absolute Gasteiger partial charge is 0.138 e. The van der Waals surface area contributed by atoms with Crippen molar-refractivity contribution in [2.24, 2.45) is 0 Å². The summed E-state index contributed by atoms with van der Waals surface area (Å²) in [6, 6.07) is 32.3. The average molecular weight is 665 g/mol. The maximum absolute atomic E-state index is 5.60. The number of rotatable bonds is 8. The molecular weight excluding hydrogens is 637 g/mol. The van der Waals surface area contributed by atoms with Gasteiger partial charge in [0.2, 0.25) is 0 Å². The van der Waals surface area contributed by atoms with Gasteiger partial charge < -0.3 is 17.7 Å². The first-order valence-corrected chi connectivity index (χ1v) is 17.2. The van der Waals surface area contributed by atoms with Crippen LogP contribution in [-0.4, -0.2) is 0 Å². The lowest BCUT2D eigenvalue weighted by Crippen LogP contribution is -1.93. The minimum atomic E-state index is 0. The van der Waals surface area contributed by atoms with Crippen molar-refractivity contribution >= 4 is 67.6 Å². The minimum Gasteiger partial charge on any atom is -0.464 e. The maximum atomic E-state index is 5.60. The van der Waals surface area contributed by atoms with Gasteiger partial charge in [-0.25, -0.2) is 0 Å². The van der Waals surface area contributed by atoms with E-state index in [1.54, 1.807) is 25.1 Å². The zero-order valence-corrected chi connectivity index (χ0v) is 26.4. The Morgan fingerprint density at radius 3 is 0.778 bits per heavy atom. The van der Waals surface area contributed by atoms with Gasteiger partial charge in [0.05, 0.1) is 36.2 Å². The standard InChI is InChI=1S/C18H12O4.C18H12S4.CH4/c2*1-5-13(19-9-1)17(14-6-2-10-20-14)18(15-7-3-11-21-15)16-8-4-12-22-16;/h2*1-12H;1H4. The highest BCUT2D eigenvalue weighted by Crippen LogP contribution is 2.42. The van der Waals surface area contributed by atoms with E-state index < -0.39 is 0 Å². The molecule has 0 amide bonds. The van der Waals surface area contributed by atoms with Crippen LogP contribution in [0.5, 0.6) is 0 Å². The topological polar surface area (TPSA) is 52.6 Å². The molecule has 0 N–H and O–H groups in total. The molecule has 224 valence electrons. The fourth-order valence-corrected chi connectivity index (χ4v) is 8.13. The summed E-state index contributed by atoms with van der Waals surface area (Å²) in [4.78, 5) is 5.33. The molecule has 0 bridgehead atoms. The third kappa shape index (κ3) is 6.60. The van der Waals surface area contributed by atoms with Crippen molar-refractivity contribution in [2.75, 3.05) is 0 Å². The molecule has 8 rings (SSSR count). The molecule has 0 fully saturated rings. The molecule has 4 nitrogen and oxygen atoms in total. The zero-order valence-electron chi connectivity index (χ0n) is 23.1. The first-order chi connectivity index (χ1) is 21.9. The second kappa shape index (κ2) is 14.5. The molecular formula is C37H28O4S4. The Morgan fingerprint density at radius 1 is 0.333 bits per heavy atom. The second-order valence-electron chi connectivity index (χ2n) is 9.32. The summed E-state index contributed by atoms with van der Waals surface area (Å²) < 4.78 is 22.4. The maximum Gasteiger partial charge on any atom is 0.138 e. The number of hydrogen-bond acceptors (Lipinski definition) is 8. The summed E-state index contributed by atoms with van der Waals surface area (Å²) in [5.41, 5.74) is 4.27. The molecule has 8 aromatic heterocycles. The molecule has 45 heavy (non-hydrogen) atoms. The van der Waals surface area contributed by atoms with Gasteiger partial charge in [-0.2, -0.15) is 0 Å². The van der Waals surface area contributed by atoms with Crippen molar-refractivity contribution in [2.45, 2.75) is 7.43 Å². The van der Waals surface area contributed by atoms with Crippen LogP contribution in [0.4, 0.5) is 0 Å². The highest BCUT2D eigenvalue weighted by atomic mass is 32.1. The van der Waals surface area contributed by atoms with Crippen molar-refractivity contribution in [1.29, 1.82) is 0 Å². The van der Waals surface area contributed by atoms with E-state index in [9.17, 15) is 0 Å². The van der Waals surface area contributed by atoms with Crippen LogP contribution in [0.1, 0.15) is 50.0 Å². The number of furan rings is 4. The molecule has 0 spiro atoms. The van der Waals surface area contributed by atoms with Gasteiger partial charge in [-0.05, 0) is 94.3 Å². The van der Waals surface area contributed by atoms with Gasteiger partial charge >= 0.3 is 0 Å². The highest BCUT2D eigenvalue weighted by molar-refractivity contribution is 7.16. The Kier molecular flexibility index (Phi) is 9.77. The lowest BCUT2D eigenvalue weighted by molar-refractivity contribution is 0.519. The van der Waals surface area contributed by atoms with Crippen LogP contribution >= 0.6 is 45.3 Å². The van der Waals surface area contributed by atoms with E-state index in [-0.39, 0.29) is 7.43 Å². The van der Waals surface area contributed by atoms with E-state index in [0.717, 1.165) is 11.1 Å². The highest BCUT2D eigenvalue weighted by Gasteiger charge is 2.23. The molecule has 0 aliphatic rings. The van der Waals surface area contributed by atoms with E-state index in [1.165, 1.54) is 30.7 Å². The largest absolute Gasteiger partial charge is 0.464 e. The average Bonchev–Trinajstić information content (AvgIpc) is 3.92. The lowest BCUT2D eigenvalue weighted by atomic mass is 9.99. The molecule has 0 aromatic carbocycles. The summed E-state index contributed by atoms with van der Waals surface area (Å²) in [6.07, 6.45) is 6.50.